The number of hydrogen-bond acceptors (Lipinski definition) is 7. The first-order valence-corrected chi connectivity index (χ1v) is 12.0. The van der Waals surface area contributed by atoms with Gasteiger partial charge in [-0.25, -0.2) is 5.01 Å². The minimum absolute atomic E-state index is 0. The third-order valence-electron chi connectivity index (χ3n) is 6.67. The molecular formula is C28H29ClN4O6. The van der Waals surface area contributed by atoms with Gasteiger partial charge in [-0.3, -0.25) is 14.4 Å². The van der Waals surface area contributed by atoms with Gasteiger partial charge in [0.1, 0.15) is 0 Å². The van der Waals surface area contributed by atoms with Crippen LogP contribution in [0.3, 0.4) is 0 Å². The number of rotatable bonds is 9. The fourth-order valence-corrected chi connectivity index (χ4v) is 3.95. The molecule has 3 atom stereocenters. The number of halogens is 1. The van der Waals surface area contributed by atoms with Crippen molar-refractivity contribution in [3.63, 3.8) is 0 Å². The Kier molecular flexibility index (Phi) is 8.95. The van der Waals surface area contributed by atoms with E-state index in [-0.39, 0.29) is 12.4 Å². The molecule has 11 heteroatoms. The number of carbonyl (C=O) groups is 3. The number of hydrazine groups is 2. The molecular weight excluding hydrogens is 524 g/mol. The minimum atomic E-state index is -0.915. The van der Waals surface area contributed by atoms with Gasteiger partial charge in [-0.05, 0) is 61.7 Å². The van der Waals surface area contributed by atoms with Crippen LogP contribution in [-0.2, 0) is 14.4 Å². The smallest absolute Gasteiger partial charge is 0.310 e. The van der Waals surface area contributed by atoms with E-state index in [1.54, 1.807) is 104 Å². The van der Waals surface area contributed by atoms with Gasteiger partial charge in [-0.15, -0.1) is 23.0 Å². The van der Waals surface area contributed by atoms with E-state index in [1.165, 1.54) is 0 Å². The summed E-state index contributed by atoms with van der Waals surface area (Å²) in [6.45, 7) is 4.86. The highest BCUT2D eigenvalue weighted by molar-refractivity contribution is 6.11. The van der Waals surface area contributed by atoms with Crippen molar-refractivity contribution in [1.29, 1.82) is 0 Å². The lowest BCUT2D eigenvalue weighted by atomic mass is 9.99. The average Bonchev–Trinajstić information content (AvgIpc) is 3.37. The number of aliphatic carboxylic acids is 3. The number of carboxylic acid groups (broad SMARTS) is 3. The highest BCUT2D eigenvalue weighted by atomic mass is 35.5. The molecule has 4 rings (SSSR count). The van der Waals surface area contributed by atoms with Gasteiger partial charge in [0.15, 0.2) is 5.84 Å². The Balaban J connectivity index is 0.00000420. The minimum Gasteiger partial charge on any atom is -0.481 e. The Hall–Kier alpha value is -4.41. The van der Waals surface area contributed by atoms with E-state index in [0.717, 1.165) is 5.56 Å². The Morgan fingerprint density at radius 2 is 1.00 bits per heavy atom. The molecule has 1 aliphatic heterocycles. The second-order valence-corrected chi connectivity index (χ2v) is 9.16. The molecule has 3 aromatic carbocycles. The van der Waals surface area contributed by atoms with Gasteiger partial charge in [0.25, 0.3) is 0 Å². The molecule has 0 saturated carbocycles. The Morgan fingerprint density at radius 3 is 1.38 bits per heavy atom. The molecule has 1 heterocycles. The zero-order valence-electron chi connectivity index (χ0n) is 21.5. The molecule has 3 aromatic rings. The van der Waals surface area contributed by atoms with E-state index >= 15 is 0 Å². The number of nitrogens with zero attached hydrogens (tertiary/aromatic N) is 3. The first-order valence-electron chi connectivity index (χ1n) is 12.0. The summed E-state index contributed by atoms with van der Waals surface area (Å²) in [7, 11) is 0. The Morgan fingerprint density at radius 1 is 0.641 bits per heavy atom. The number of anilines is 2. The van der Waals surface area contributed by atoms with Crippen LogP contribution in [0.4, 0.5) is 11.4 Å². The van der Waals surface area contributed by atoms with E-state index in [2.05, 4.69) is 5.53 Å². The van der Waals surface area contributed by atoms with Gasteiger partial charge in [-0.2, -0.15) is 5.12 Å². The van der Waals surface area contributed by atoms with E-state index in [9.17, 15) is 29.7 Å². The first kappa shape index (κ1) is 29.2. The fraction of sp³-hybridized carbons (Fsp3) is 0.214. The number of hydrazone groups is 1. The largest absolute Gasteiger partial charge is 0.481 e. The van der Waals surface area contributed by atoms with Crippen LogP contribution >= 0.6 is 12.4 Å². The van der Waals surface area contributed by atoms with Gasteiger partial charge < -0.3 is 15.3 Å². The zero-order valence-corrected chi connectivity index (χ0v) is 22.3. The second-order valence-electron chi connectivity index (χ2n) is 9.16. The molecule has 3 unspecified atom stereocenters. The molecule has 1 aliphatic rings. The quantitative estimate of drug-likeness (QED) is 0.295. The van der Waals surface area contributed by atoms with Crippen molar-refractivity contribution < 1.29 is 29.7 Å². The van der Waals surface area contributed by atoms with E-state index in [4.69, 9.17) is 5.10 Å². The van der Waals surface area contributed by atoms with Gasteiger partial charge in [0.05, 0.1) is 29.1 Å². The van der Waals surface area contributed by atoms with Gasteiger partial charge in [-0.1, -0.05) is 48.5 Å². The molecule has 0 spiro atoms. The summed E-state index contributed by atoms with van der Waals surface area (Å²) >= 11 is 0. The monoisotopic (exact) mass is 552 g/mol. The van der Waals surface area contributed by atoms with Crippen LogP contribution in [0.25, 0.3) is 0 Å². The molecule has 0 radical (unpaired) electrons. The third-order valence-corrected chi connectivity index (χ3v) is 6.67. The van der Waals surface area contributed by atoms with Crippen molar-refractivity contribution in [3.05, 3.63) is 95.1 Å². The molecule has 0 amide bonds. The maximum Gasteiger partial charge on any atom is 0.310 e. The van der Waals surface area contributed by atoms with Crippen molar-refractivity contribution in [2.75, 3.05) is 10.1 Å². The highest BCUT2D eigenvalue weighted by Crippen LogP contribution is 2.28. The predicted molar refractivity (Wildman–Crippen MR) is 149 cm³/mol. The molecule has 0 fully saturated rings. The topological polar surface area (TPSA) is 143 Å². The summed E-state index contributed by atoms with van der Waals surface area (Å²) in [4.78, 5) is 34.1. The van der Waals surface area contributed by atoms with Crippen LogP contribution in [0.1, 0.15) is 60.8 Å². The molecule has 204 valence electrons. The van der Waals surface area contributed by atoms with Crippen LogP contribution in [0.5, 0.6) is 0 Å². The van der Waals surface area contributed by atoms with E-state index in [0.29, 0.717) is 33.9 Å². The summed E-state index contributed by atoms with van der Waals surface area (Å²) in [5.41, 5.74) is 7.27. The van der Waals surface area contributed by atoms with Crippen LogP contribution in [0.15, 0.2) is 77.9 Å². The van der Waals surface area contributed by atoms with Crippen molar-refractivity contribution in [2.45, 2.75) is 38.5 Å². The fourth-order valence-electron chi connectivity index (χ4n) is 3.95. The van der Waals surface area contributed by atoms with Crippen LogP contribution in [0, 0.1) is 0 Å². The molecule has 4 N–H and O–H groups in total. The molecule has 10 nitrogen and oxygen atoms in total. The van der Waals surface area contributed by atoms with Crippen LogP contribution < -0.4 is 15.7 Å². The van der Waals surface area contributed by atoms with Crippen molar-refractivity contribution in [1.82, 2.24) is 5.53 Å². The highest BCUT2D eigenvalue weighted by Gasteiger charge is 2.28. The maximum atomic E-state index is 11.4. The van der Waals surface area contributed by atoms with Gasteiger partial charge in [0, 0.05) is 5.56 Å². The van der Waals surface area contributed by atoms with Crippen molar-refractivity contribution >= 4 is 47.5 Å². The molecule has 0 bridgehead atoms. The number of amidine groups is 1. The summed E-state index contributed by atoms with van der Waals surface area (Å²) < 4.78 is 0. The summed E-state index contributed by atoms with van der Waals surface area (Å²) in [5, 5.41) is 36.0. The number of hydrogen-bond donors (Lipinski definition) is 4. The lowest BCUT2D eigenvalue weighted by molar-refractivity contribution is -0.139. The standard InChI is InChI=1S/C28H28N4O6.ClH/c1-16(26(33)34)19-4-6-22(7-5-19)25-29-32(24-14-10-21(11-15-24)18(3)28(37)38)30-31(25)23-12-8-20(9-13-23)17(2)27(35)36;/h4-18,30H,1-3H3,(H,33,34)(H,35,36)(H,37,38);1H. The lowest BCUT2D eigenvalue weighted by Gasteiger charge is -2.23. The van der Waals surface area contributed by atoms with Crippen molar-refractivity contribution in [2.24, 2.45) is 5.10 Å². The Labute approximate surface area is 231 Å². The Bertz CT molecular complexity index is 1380. The van der Waals surface area contributed by atoms with Gasteiger partial charge >= 0.3 is 17.9 Å². The average molecular weight is 553 g/mol. The van der Waals surface area contributed by atoms with Crippen LogP contribution in [-0.4, -0.2) is 39.1 Å². The molecule has 0 saturated heterocycles. The third kappa shape index (κ3) is 6.19. The number of nitrogens with one attached hydrogen (secondary N) is 1. The number of carboxylic acids is 3. The second kappa shape index (κ2) is 12.0. The summed E-state index contributed by atoms with van der Waals surface area (Å²) in [6.07, 6.45) is 0. The zero-order chi connectivity index (χ0) is 27.6. The first-order chi connectivity index (χ1) is 18.1. The molecule has 39 heavy (non-hydrogen) atoms. The van der Waals surface area contributed by atoms with Crippen molar-refractivity contribution in [3.8, 4) is 0 Å². The summed E-state index contributed by atoms with van der Waals surface area (Å²) in [5.74, 6) is -4.17. The lowest BCUT2D eigenvalue weighted by Crippen LogP contribution is -2.43. The van der Waals surface area contributed by atoms with Crippen LogP contribution in [0.2, 0.25) is 0 Å². The maximum absolute atomic E-state index is 11.4. The normalized spacial score (nSPS) is 15.1. The number of benzene rings is 3. The molecule has 0 aromatic heterocycles. The summed E-state index contributed by atoms with van der Waals surface area (Å²) in [6, 6.07) is 21.2. The predicted octanol–water partition coefficient (Wildman–Crippen LogP) is 4.78. The van der Waals surface area contributed by atoms with E-state index < -0.39 is 35.7 Å². The van der Waals surface area contributed by atoms with Gasteiger partial charge in [0.2, 0.25) is 0 Å². The molecule has 0 aliphatic carbocycles. The van der Waals surface area contributed by atoms with E-state index in [1.807, 2.05) is 0 Å². The SMILES string of the molecule is CC(C(=O)O)c1ccc(C2=NN(c3ccc(C(C)C(=O)O)cc3)NN2c2ccc(C(C)C(=O)O)cc2)cc1.Cl.